The Labute approximate surface area is 387 Å². The summed E-state index contributed by atoms with van der Waals surface area (Å²) < 4.78 is 18.0. The number of hydrogen-bond donors (Lipinski definition) is 0. The van der Waals surface area contributed by atoms with Crippen LogP contribution in [0, 0.1) is 0 Å². The Bertz CT molecular complexity index is 4570. The molecule has 0 saturated heterocycles. The van der Waals surface area contributed by atoms with E-state index < -0.39 is 0 Å². The van der Waals surface area contributed by atoms with Gasteiger partial charge in [-0.25, -0.2) is 15.0 Å². The van der Waals surface area contributed by atoms with E-state index in [-0.39, 0.29) is 0 Å². The van der Waals surface area contributed by atoms with E-state index in [1.54, 1.807) is 0 Å². The van der Waals surface area contributed by atoms with E-state index in [9.17, 15) is 0 Å². The number of aromatic nitrogens is 5. The quantitative estimate of drug-likeness (QED) is 0.172. The Kier molecular flexibility index (Phi) is 7.65. The maximum Gasteiger partial charge on any atom is 0.164 e. The first kappa shape index (κ1) is 36.9. The van der Waals surface area contributed by atoms with Crippen molar-refractivity contribution in [3.05, 3.63) is 212 Å². The maximum absolute atomic E-state index is 6.82. The Hall–Kier alpha value is -9.33. The molecule has 0 aliphatic rings. The Morgan fingerprint density at radius 1 is 0.309 bits per heavy atom. The lowest BCUT2D eigenvalue weighted by atomic mass is 10.0. The summed E-state index contributed by atoms with van der Waals surface area (Å²) in [5.74, 6) is 1.62. The Morgan fingerprint density at radius 2 is 0.853 bits per heavy atom. The lowest BCUT2D eigenvalue weighted by Gasteiger charge is -2.14. The highest BCUT2D eigenvalue weighted by molar-refractivity contribution is 6.18. The molecule has 0 aliphatic heterocycles. The van der Waals surface area contributed by atoms with Crippen LogP contribution in [-0.2, 0) is 0 Å². The van der Waals surface area contributed by atoms with Gasteiger partial charge >= 0.3 is 0 Å². The van der Waals surface area contributed by atoms with Gasteiger partial charge < -0.3 is 18.0 Å². The molecule has 0 unspecified atom stereocenters. The van der Waals surface area contributed by atoms with Crippen LogP contribution in [0.4, 0.5) is 0 Å². The van der Waals surface area contributed by atoms with Crippen LogP contribution in [0.25, 0.3) is 144 Å². The summed E-state index contributed by atoms with van der Waals surface area (Å²) in [5.41, 5.74) is 12.1. The van der Waals surface area contributed by atoms with E-state index in [1.807, 2.05) is 42.5 Å². The van der Waals surface area contributed by atoms with Crippen molar-refractivity contribution in [1.29, 1.82) is 0 Å². The maximum atomic E-state index is 6.82. The summed E-state index contributed by atoms with van der Waals surface area (Å²) >= 11 is 0. The van der Waals surface area contributed by atoms with Gasteiger partial charge in [-0.05, 0) is 83.6 Å². The first-order valence-electron chi connectivity index (χ1n) is 22.8. The second-order valence-corrected chi connectivity index (χ2v) is 17.5. The average Bonchev–Trinajstić information content (AvgIpc) is 4.15. The molecular formula is C61H35N5O2. The molecular weight excluding hydrogens is 835 g/mol. The van der Waals surface area contributed by atoms with Crippen molar-refractivity contribution < 1.29 is 8.83 Å². The molecule has 0 N–H and O–H groups in total. The minimum absolute atomic E-state index is 0.522. The minimum Gasteiger partial charge on any atom is -0.456 e. The van der Waals surface area contributed by atoms with Crippen LogP contribution in [0.1, 0.15) is 0 Å². The predicted molar refractivity (Wildman–Crippen MR) is 277 cm³/mol. The molecule has 0 amide bonds. The monoisotopic (exact) mass is 869 g/mol. The second-order valence-electron chi connectivity index (χ2n) is 17.5. The third-order valence-electron chi connectivity index (χ3n) is 13.7. The van der Waals surface area contributed by atoms with Gasteiger partial charge in [-0.1, -0.05) is 140 Å². The number of rotatable bonds is 5. The predicted octanol–water partition coefficient (Wildman–Crippen LogP) is 16.0. The first-order chi connectivity index (χ1) is 33.7. The molecule has 0 spiro atoms. The smallest absolute Gasteiger partial charge is 0.164 e. The topological polar surface area (TPSA) is 74.8 Å². The van der Waals surface area contributed by atoms with Crippen molar-refractivity contribution in [2.24, 2.45) is 0 Å². The van der Waals surface area contributed by atoms with Gasteiger partial charge in [0, 0.05) is 60.1 Å². The van der Waals surface area contributed by atoms with Crippen LogP contribution >= 0.6 is 0 Å². The summed E-state index contributed by atoms with van der Waals surface area (Å²) in [4.78, 5) is 16.4. The van der Waals surface area contributed by atoms with Gasteiger partial charge in [0.2, 0.25) is 0 Å². The van der Waals surface area contributed by atoms with Crippen LogP contribution in [0.2, 0.25) is 0 Å². The van der Waals surface area contributed by atoms with Crippen molar-refractivity contribution in [3.8, 4) is 45.5 Å². The van der Waals surface area contributed by atoms with Gasteiger partial charge in [-0.3, -0.25) is 0 Å². The normalized spacial score (nSPS) is 12.1. The second kappa shape index (κ2) is 14.1. The van der Waals surface area contributed by atoms with E-state index in [0.29, 0.717) is 17.5 Å². The van der Waals surface area contributed by atoms with Crippen LogP contribution < -0.4 is 0 Å². The molecule has 10 aromatic carbocycles. The largest absolute Gasteiger partial charge is 0.456 e. The van der Waals surface area contributed by atoms with Crippen molar-refractivity contribution in [3.63, 3.8) is 0 Å². The molecule has 0 radical (unpaired) electrons. The molecule has 15 aromatic rings. The number of hydrogen-bond acceptors (Lipinski definition) is 5. The van der Waals surface area contributed by atoms with E-state index in [4.69, 9.17) is 23.8 Å². The van der Waals surface area contributed by atoms with Crippen molar-refractivity contribution in [1.82, 2.24) is 24.1 Å². The fourth-order valence-corrected chi connectivity index (χ4v) is 10.8. The van der Waals surface area contributed by atoms with Crippen LogP contribution in [0.5, 0.6) is 0 Å². The highest BCUT2D eigenvalue weighted by atomic mass is 16.3. The summed E-state index contributed by atoms with van der Waals surface area (Å²) in [6, 6.07) is 74.3. The molecule has 0 saturated carbocycles. The molecule has 5 aromatic heterocycles. The van der Waals surface area contributed by atoms with Crippen LogP contribution in [-0.4, -0.2) is 24.1 Å². The number of benzene rings is 10. The molecule has 7 heteroatoms. The summed E-state index contributed by atoms with van der Waals surface area (Å²) in [6.45, 7) is 0. The van der Waals surface area contributed by atoms with Gasteiger partial charge in [0.05, 0.1) is 33.1 Å². The van der Waals surface area contributed by atoms with Crippen LogP contribution in [0.15, 0.2) is 221 Å². The number of furan rings is 2. The zero-order chi connectivity index (χ0) is 44.5. The molecule has 7 nitrogen and oxygen atoms in total. The highest BCUT2D eigenvalue weighted by Crippen LogP contribution is 2.44. The molecule has 0 fully saturated rings. The average molecular weight is 870 g/mol. The first-order valence-corrected chi connectivity index (χ1v) is 22.8. The van der Waals surface area contributed by atoms with Gasteiger partial charge in [-0.15, -0.1) is 0 Å². The van der Waals surface area contributed by atoms with E-state index in [1.165, 1.54) is 21.5 Å². The molecule has 68 heavy (non-hydrogen) atoms. The molecule has 0 atom stereocenters. The molecule has 0 aliphatic carbocycles. The summed E-state index contributed by atoms with van der Waals surface area (Å²) in [5, 5.41) is 10.9. The fourth-order valence-electron chi connectivity index (χ4n) is 10.8. The lowest BCUT2D eigenvalue weighted by molar-refractivity contribution is 0.668. The zero-order valence-corrected chi connectivity index (χ0v) is 36.3. The van der Waals surface area contributed by atoms with Crippen molar-refractivity contribution in [2.45, 2.75) is 0 Å². The third-order valence-corrected chi connectivity index (χ3v) is 13.7. The Morgan fingerprint density at radius 3 is 1.62 bits per heavy atom. The molecule has 15 rings (SSSR count). The highest BCUT2D eigenvalue weighted by Gasteiger charge is 2.24. The zero-order valence-electron chi connectivity index (χ0n) is 36.3. The van der Waals surface area contributed by atoms with Gasteiger partial charge in [0.25, 0.3) is 0 Å². The van der Waals surface area contributed by atoms with Gasteiger partial charge in [-0.2, -0.15) is 0 Å². The number of fused-ring (bicyclic) bond motifs is 13. The summed E-state index contributed by atoms with van der Waals surface area (Å²) in [7, 11) is 0. The third kappa shape index (κ3) is 5.32. The van der Waals surface area contributed by atoms with Gasteiger partial charge in [0.15, 0.2) is 17.5 Å². The SMILES string of the molecule is c1ccc(-n2c3ccccc3c3c(-c4nc(-c5cc(-n6c7ccccc7c7cc8ccccc8cc76)c6c(c5)oc5ccccc56)nc(-c5cccc6oc7ccccc7c56)n4)cccc32)cc1. The summed E-state index contributed by atoms with van der Waals surface area (Å²) in [6.07, 6.45) is 0. The number of nitrogens with zero attached hydrogens (tertiary/aromatic N) is 5. The van der Waals surface area contributed by atoms with Crippen molar-refractivity contribution >= 4 is 98.3 Å². The van der Waals surface area contributed by atoms with E-state index in [2.05, 4.69) is 179 Å². The molecule has 5 heterocycles. The Balaban J connectivity index is 1.06. The van der Waals surface area contributed by atoms with Crippen LogP contribution in [0.3, 0.4) is 0 Å². The van der Waals surface area contributed by atoms with E-state index >= 15 is 0 Å². The number of para-hydroxylation sites is 5. The standard InChI is InChI=1S/C61H35N5O2/c1-2-18-39(19-3-1)65-48-27-11-7-21-41(48)56-44(24-14-28-49(56)65)60-62-59(63-61(64-60)45-25-15-31-54-57(45)42-22-8-12-29-52(42)67-54)38-34-51(58-43-23-9-13-30-53(43)68-55(58)35-38)66-47-26-10-6-20-40(47)46-32-36-16-4-5-17-37(36)33-50(46)66/h1-35H. The van der Waals surface area contributed by atoms with Gasteiger partial charge in [0.1, 0.15) is 22.3 Å². The fraction of sp³-hybridized carbons (Fsp3) is 0. The molecule has 0 bridgehead atoms. The minimum atomic E-state index is 0.522. The lowest BCUT2D eigenvalue weighted by Crippen LogP contribution is -2.02. The van der Waals surface area contributed by atoms with Crippen molar-refractivity contribution in [2.75, 3.05) is 0 Å². The molecule has 316 valence electrons. The van der Waals surface area contributed by atoms with E-state index in [0.717, 1.165) is 105 Å².